The fraction of sp³-hybridized carbons (Fsp3) is 0.444. The molecule has 2 aliphatic heterocycles. The molecule has 4 heterocycles. The van der Waals surface area contributed by atoms with Gasteiger partial charge in [0.2, 0.25) is 0 Å². The zero-order chi connectivity index (χ0) is 27.8. The standard InChI is InChI=1S/C27H33Cl3N8O/c1-15-11-38(12-16(2)39-15)21-6-5-17(10-32-21)22-19(28)9-20(37-8-7-18(13-37)36(3)4)25(23(22)29)35-27-24(31)26(30)33-14-34-27/h5-6,9-10,14-16,18H,7-8,11-13,31H2,1-4H3,(H,33,34,35)/t15-,16-,18+/m0/s1. The van der Waals surface area contributed by atoms with Gasteiger partial charge in [-0.25, -0.2) is 15.0 Å². The number of halogens is 3. The summed E-state index contributed by atoms with van der Waals surface area (Å²) in [6, 6.07) is 6.35. The van der Waals surface area contributed by atoms with E-state index in [0.717, 1.165) is 49.7 Å². The van der Waals surface area contributed by atoms with Crippen molar-refractivity contribution < 1.29 is 4.74 Å². The third kappa shape index (κ3) is 5.83. The second-order valence-electron chi connectivity index (χ2n) is 10.4. The predicted octanol–water partition coefficient (Wildman–Crippen LogP) is 5.58. The first-order chi connectivity index (χ1) is 18.6. The van der Waals surface area contributed by atoms with E-state index in [4.69, 9.17) is 50.3 Å². The fourth-order valence-electron chi connectivity index (χ4n) is 5.30. The lowest BCUT2D eigenvalue weighted by molar-refractivity contribution is -0.00545. The minimum Gasteiger partial charge on any atom is -0.393 e. The van der Waals surface area contributed by atoms with Gasteiger partial charge in [-0.3, -0.25) is 0 Å². The van der Waals surface area contributed by atoms with Crippen LogP contribution in [0.3, 0.4) is 0 Å². The van der Waals surface area contributed by atoms with Gasteiger partial charge in [0.1, 0.15) is 17.8 Å². The zero-order valence-corrected chi connectivity index (χ0v) is 24.7. The molecule has 0 unspecified atom stereocenters. The highest BCUT2D eigenvalue weighted by Gasteiger charge is 2.29. The molecule has 0 spiro atoms. The first-order valence-corrected chi connectivity index (χ1v) is 14.1. The summed E-state index contributed by atoms with van der Waals surface area (Å²) in [7, 11) is 4.18. The number of likely N-dealkylation sites (N-methyl/N-ethyl adjacent to an activating group) is 1. The Morgan fingerprint density at radius 1 is 1.03 bits per heavy atom. The van der Waals surface area contributed by atoms with Crippen molar-refractivity contribution in [2.45, 2.75) is 38.5 Å². The number of hydrogen-bond acceptors (Lipinski definition) is 9. The van der Waals surface area contributed by atoms with Crippen molar-refractivity contribution >= 4 is 63.5 Å². The van der Waals surface area contributed by atoms with Gasteiger partial charge in [0, 0.05) is 49.5 Å². The number of pyridine rings is 1. The Morgan fingerprint density at radius 2 is 1.77 bits per heavy atom. The summed E-state index contributed by atoms with van der Waals surface area (Å²) in [5.41, 5.74) is 9.44. The second kappa shape index (κ2) is 11.5. The molecular formula is C27H33Cl3N8O. The number of hydrogen-bond donors (Lipinski definition) is 2. The molecule has 39 heavy (non-hydrogen) atoms. The van der Waals surface area contributed by atoms with Gasteiger partial charge in [0.15, 0.2) is 11.0 Å². The molecule has 2 saturated heterocycles. The molecule has 0 radical (unpaired) electrons. The largest absolute Gasteiger partial charge is 0.393 e. The lowest BCUT2D eigenvalue weighted by Crippen LogP contribution is -2.45. The highest BCUT2D eigenvalue weighted by atomic mass is 35.5. The number of nitrogens with two attached hydrogens (primary N) is 1. The molecule has 0 amide bonds. The van der Waals surface area contributed by atoms with Crippen LogP contribution in [-0.4, -0.2) is 78.4 Å². The summed E-state index contributed by atoms with van der Waals surface area (Å²) in [5.74, 6) is 1.26. The minimum atomic E-state index is 0.140. The van der Waals surface area contributed by atoms with Crippen LogP contribution in [0.2, 0.25) is 15.2 Å². The zero-order valence-electron chi connectivity index (χ0n) is 22.5. The predicted molar refractivity (Wildman–Crippen MR) is 161 cm³/mol. The fourth-order valence-corrected chi connectivity index (χ4v) is 6.14. The average Bonchev–Trinajstić information content (AvgIpc) is 3.39. The Hall–Kier alpha value is -2.56. The van der Waals surface area contributed by atoms with Gasteiger partial charge in [-0.1, -0.05) is 34.8 Å². The smallest absolute Gasteiger partial charge is 0.158 e. The van der Waals surface area contributed by atoms with Crippen LogP contribution in [-0.2, 0) is 4.74 Å². The van der Waals surface area contributed by atoms with Gasteiger partial charge in [0.25, 0.3) is 0 Å². The third-order valence-electron chi connectivity index (χ3n) is 7.29. The molecule has 1 aromatic carbocycles. The summed E-state index contributed by atoms with van der Waals surface area (Å²) >= 11 is 20.3. The molecule has 3 aromatic rings. The van der Waals surface area contributed by atoms with Crippen molar-refractivity contribution in [2.24, 2.45) is 0 Å². The summed E-state index contributed by atoms with van der Waals surface area (Å²) in [6.45, 7) is 7.41. The van der Waals surface area contributed by atoms with Crippen molar-refractivity contribution in [3.8, 4) is 11.1 Å². The number of morpholine rings is 1. The van der Waals surface area contributed by atoms with Crippen molar-refractivity contribution in [1.82, 2.24) is 19.9 Å². The third-order valence-corrected chi connectivity index (χ3v) is 8.27. The molecule has 2 aliphatic rings. The van der Waals surface area contributed by atoms with Gasteiger partial charge in [-0.15, -0.1) is 0 Å². The van der Waals surface area contributed by atoms with Crippen molar-refractivity contribution in [2.75, 3.05) is 61.1 Å². The molecule has 0 aliphatic carbocycles. The molecule has 9 nitrogen and oxygen atoms in total. The van der Waals surface area contributed by atoms with E-state index >= 15 is 0 Å². The van der Waals surface area contributed by atoms with E-state index in [1.807, 2.05) is 24.4 Å². The summed E-state index contributed by atoms with van der Waals surface area (Å²) in [4.78, 5) is 19.8. The van der Waals surface area contributed by atoms with E-state index in [9.17, 15) is 0 Å². The highest BCUT2D eigenvalue weighted by molar-refractivity contribution is 6.42. The topological polar surface area (TPSA) is 95.7 Å². The number of benzene rings is 1. The van der Waals surface area contributed by atoms with E-state index in [-0.39, 0.29) is 23.0 Å². The number of aromatic nitrogens is 3. The Morgan fingerprint density at radius 3 is 2.41 bits per heavy atom. The molecule has 0 saturated carbocycles. The minimum absolute atomic E-state index is 0.140. The van der Waals surface area contributed by atoms with Crippen LogP contribution in [0.15, 0.2) is 30.7 Å². The number of nitrogens with one attached hydrogen (secondary N) is 1. The van der Waals surface area contributed by atoms with Crippen molar-refractivity contribution in [1.29, 1.82) is 0 Å². The lowest BCUT2D eigenvalue weighted by atomic mass is 10.0. The molecule has 2 fully saturated rings. The molecule has 208 valence electrons. The van der Waals surface area contributed by atoms with Gasteiger partial charge >= 0.3 is 0 Å². The van der Waals surface area contributed by atoms with E-state index in [1.165, 1.54) is 6.33 Å². The highest BCUT2D eigenvalue weighted by Crippen LogP contribution is 2.47. The number of anilines is 5. The molecule has 3 N–H and O–H groups in total. The Bertz CT molecular complexity index is 1330. The molecule has 5 rings (SSSR count). The van der Waals surface area contributed by atoms with Crippen LogP contribution in [0.25, 0.3) is 11.1 Å². The molecule has 2 aromatic heterocycles. The van der Waals surface area contributed by atoms with Crippen LogP contribution < -0.4 is 20.9 Å². The Balaban J connectivity index is 1.54. The number of rotatable bonds is 6. The molecule has 12 heteroatoms. The van der Waals surface area contributed by atoms with Crippen molar-refractivity contribution in [3.05, 3.63) is 45.9 Å². The first-order valence-electron chi connectivity index (χ1n) is 13.0. The molecule has 0 bridgehead atoms. The van der Waals surface area contributed by atoms with E-state index < -0.39 is 0 Å². The van der Waals surface area contributed by atoms with Crippen LogP contribution in [0.5, 0.6) is 0 Å². The number of ether oxygens (including phenoxy) is 1. The number of nitrogens with zero attached hydrogens (tertiary/aromatic N) is 6. The van der Waals surface area contributed by atoms with Crippen LogP contribution >= 0.6 is 34.8 Å². The van der Waals surface area contributed by atoms with Gasteiger partial charge < -0.3 is 30.5 Å². The SMILES string of the molecule is C[C@H]1CN(c2ccc(-c3c(Cl)cc(N4CC[C@@H](N(C)C)C4)c(Nc4ncnc(Cl)c4N)c3Cl)cn2)C[C@H](C)O1. The van der Waals surface area contributed by atoms with Crippen LogP contribution in [0, 0.1) is 0 Å². The average molecular weight is 592 g/mol. The summed E-state index contributed by atoms with van der Waals surface area (Å²) in [6.07, 6.45) is 4.47. The lowest BCUT2D eigenvalue weighted by Gasteiger charge is -2.36. The van der Waals surface area contributed by atoms with Crippen LogP contribution in [0.1, 0.15) is 20.3 Å². The quantitative estimate of drug-likeness (QED) is 0.356. The maximum Gasteiger partial charge on any atom is 0.158 e. The van der Waals surface area contributed by atoms with Crippen molar-refractivity contribution in [3.63, 3.8) is 0 Å². The maximum absolute atomic E-state index is 7.14. The van der Waals surface area contributed by atoms with Gasteiger partial charge in [-0.05, 0) is 52.6 Å². The Labute approximate surface area is 244 Å². The molecule has 3 atom stereocenters. The van der Waals surface area contributed by atoms with Crippen LogP contribution in [0.4, 0.5) is 28.7 Å². The summed E-state index contributed by atoms with van der Waals surface area (Å²) < 4.78 is 5.87. The van der Waals surface area contributed by atoms with E-state index in [2.05, 4.69) is 57.9 Å². The van der Waals surface area contributed by atoms with Gasteiger partial charge in [-0.2, -0.15) is 0 Å². The monoisotopic (exact) mass is 590 g/mol. The summed E-state index contributed by atoms with van der Waals surface area (Å²) in [5, 5.41) is 4.48. The first kappa shape index (κ1) is 28.0. The Kier molecular flexibility index (Phi) is 8.26. The maximum atomic E-state index is 7.14. The molecular weight excluding hydrogens is 559 g/mol. The van der Waals surface area contributed by atoms with E-state index in [0.29, 0.717) is 33.2 Å². The normalized spacial score (nSPS) is 21.6. The van der Waals surface area contributed by atoms with Gasteiger partial charge in [0.05, 0.1) is 33.6 Å². The number of nitrogen functional groups attached to an aromatic ring is 1. The van der Waals surface area contributed by atoms with E-state index in [1.54, 1.807) is 0 Å². The second-order valence-corrected chi connectivity index (χ2v) is 11.6.